The van der Waals surface area contributed by atoms with Crippen molar-refractivity contribution < 1.29 is 9.53 Å². The third-order valence-electron chi connectivity index (χ3n) is 1.75. The van der Waals surface area contributed by atoms with Gasteiger partial charge in [-0.1, -0.05) is 0 Å². The second-order valence-corrected chi connectivity index (χ2v) is 4.76. The highest BCUT2D eigenvalue weighted by Crippen LogP contribution is 2.19. The van der Waals surface area contributed by atoms with E-state index in [4.69, 9.17) is 4.74 Å². The van der Waals surface area contributed by atoms with E-state index in [-0.39, 0.29) is 12.5 Å². The zero-order valence-electron chi connectivity index (χ0n) is 8.80. The molecular formula is C10H12Br2N2O2. The number of carbonyl (C=O) groups excluding carboxylic acids is 1. The van der Waals surface area contributed by atoms with Crippen LogP contribution in [0.15, 0.2) is 21.2 Å². The Labute approximate surface area is 111 Å². The van der Waals surface area contributed by atoms with Crippen LogP contribution in [0.5, 0.6) is 0 Å². The van der Waals surface area contributed by atoms with Crippen molar-refractivity contribution in [3.05, 3.63) is 26.9 Å². The quantitative estimate of drug-likeness (QED) is 0.827. The van der Waals surface area contributed by atoms with E-state index in [1.54, 1.807) is 13.1 Å². The summed E-state index contributed by atoms with van der Waals surface area (Å²) in [7, 11) is 0. The van der Waals surface area contributed by atoms with Gasteiger partial charge >= 0.3 is 5.97 Å². The molecule has 0 aliphatic rings. The van der Waals surface area contributed by atoms with Crippen LogP contribution < -0.4 is 5.32 Å². The number of hydrogen-bond acceptors (Lipinski definition) is 4. The first-order valence-corrected chi connectivity index (χ1v) is 6.38. The van der Waals surface area contributed by atoms with Crippen LogP contribution in [0.2, 0.25) is 0 Å². The summed E-state index contributed by atoms with van der Waals surface area (Å²) in [6, 6.07) is 1.91. The molecule has 4 nitrogen and oxygen atoms in total. The first kappa shape index (κ1) is 13.6. The molecule has 0 aliphatic heterocycles. The smallest absolute Gasteiger partial charge is 0.319 e. The maximum atomic E-state index is 11.0. The van der Waals surface area contributed by atoms with E-state index >= 15 is 0 Å². The molecule has 0 fully saturated rings. The van der Waals surface area contributed by atoms with Crippen LogP contribution in [0.3, 0.4) is 0 Å². The van der Waals surface area contributed by atoms with Crippen LogP contribution in [-0.2, 0) is 16.1 Å². The number of nitrogens with zero attached hydrogens (tertiary/aromatic N) is 1. The number of hydrogen-bond donors (Lipinski definition) is 1. The van der Waals surface area contributed by atoms with Gasteiger partial charge in [-0.2, -0.15) is 0 Å². The molecule has 1 heterocycles. The third kappa shape index (κ3) is 4.59. The second-order valence-electron chi connectivity index (χ2n) is 2.99. The van der Waals surface area contributed by atoms with Gasteiger partial charge in [0.15, 0.2) is 0 Å². The second kappa shape index (κ2) is 6.98. The van der Waals surface area contributed by atoms with Gasteiger partial charge < -0.3 is 10.1 Å². The van der Waals surface area contributed by atoms with Crippen molar-refractivity contribution in [1.29, 1.82) is 0 Å². The molecule has 88 valence electrons. The lowest BCUT2D eigenvalue weighted by atomic mass is 10.3. The molecule has 0 atom stereocenters. The highest BCUT2D eigenvalue weighted by atomic mass is 79.9. The van der Waals surface area contributed by atoms with Gasteiger partial charge in [-0.15, -0.1) is 0 Å². The Hall–Kier alpha value is -0.460. The van der Waals surface area contributed by atoms with Gasteiger partial charge in [0.1, 0.15) is 0 Å². The number of halogens is 2. The fourth-order valence-corrected chi connectivity index (χ4v) is 2.20. The van der Waals surface area contributed by atoms with Crippen LogP contribution in [0.4, 0.5) is 0 Å². The predicted octanol–water partition coefficient (Wildman–Crippen LogP) is 2.26. The Balaban J connectivity index is 2.40. The number of pyridine rings is 1. The molecule has 16 heavy (non-hydrogen) atoms. The normalized spacial score (nSPS) is 10.2. The third-order valence-corrected chi connectivity index (χ3v) is 2.87. The topological polar surface area (TPSA) is 51.2 Å². The minimum atomic E-state index is -0.254. The van der Waals surface area contributed by atoms with Crippen molar-refractivity contribution in [2.45, 2.75) is 13.5 Å². The molecule has 1 rings (SSSR count). The Morgan fingerprint density at radius 3 is 2.94 bits per heavy atom. The van der Waals surface area contributed by atoms with Crippen molar-refractivity contribution >= 4 is 37.8 Å². The maximum absolute atomic E-state index is 11.0. The van der Waals surface area contributed by atoms with Crippen LogP contribution in [0.25, 0.3) is 0 Å². The molecule has 1 aromatic heterocycles. The van der Waals surface area contributed by atoms with E-state index in [1.165, 1.54) is 0 Å². The fraction of sp³-hybridized carbons (Fsp3) is 0.400. The highest BCUT2D eigenvalue weighted by molar-refractivity contribution is 9.11. The lowest BCUT2D eigenvalue weighted by molar-refractivity contribution is -0.142. The SMILES string of the molecule is CCOC(=O)CNCc1ncc(Br)cc1Br. The largest absolute Gasteiger partial charge is 0.465 e. The molecule has 0 unspecified atom stereocenters. The molecule has 0 aromatic carbocycles. The van der Waals surface area contributed by atoms with Crippen LogP contribution >= 0.6 is 31.9 Å². The first-order chi connectivity index (χ1) is 7.63. The molecule has 0 amide bonds. The molecule has 0 saturated carbocycles. The summed E-state index contributed by atoms with van der Waals surface area (Å²) < 4.78 is 6.60. The van der Waals surface area contributed by atoms with Gasteiger partial charge in [-0.05, 0) is 44.8 Å². The zero-order valence-corrected chi connectivity index (χ0v) is 12.0. The number of nitrogens with one attached hydrogen (secondary N) is 1. The minimum absolute atomic E-state index is 0.192. The van der Waals surface area contributed by atoms with Crippen LogP contribution in [-0.4, -0.2) is 24.1 Å². The molecule has 1 aromatic rings. The number of esters is 1. The van der Waals surface area contributed by atoms with Crippen molar-refractivity contribution in [3.63, 3.8) is 0 Å². The van der Waals surface area contributed by atoms with E-state index in [0.29, 0.717) is 13.2 Å². The summed E-state index contributed by atoms with van der Waals surface area (Å²) in [6.07, 6.45) is 1.71. The zero-order chi connectivity index (χ0) is 12.0. The molecule has 0 bridgehead atoms. The van der Waals surface area contributed by atoms with E-state index in [0.717, 1.165) is 14.6 Å². The molecule has 1 N–H and O–H groups in total. The molecular weight excluding hydrogens is 340 g/mol. The van der Waals surface area contributed by atoms with E-state index in [9.17, 15) is 4.79 Å². The number of ether oxygens (including phenoxy) is 1. The van der Waals surface area contributed by atoms with E-state index < -0.39 is 0 Å². The van der Waals surface area contributed by atoms with Gasteiger partial charge in [0.05, 0.1) is 18.8 Å². The monoisotopic (exact) mass is 350 g/mol. The summed E-state index contributed by atoms with van der Waals surface area (Å²) >= 11 is 6.72. The molecule has 0 radical (unpaired) electrons. The van der Waals surface area contributed by atoms with Crippen molar-refractivity contribution in [2.75, 3.05) is 13.2 Å². The van der Waals surface area contributed by atoms with Crippen molar-refractivity contribution in [1.82, 2.24) is 10.3 Å². The fourth-order valence-electron chi connectivity index (χ4n) is 1.07. The van der Waals surface area contributed by atoms with Crippen molar-refractivity contribution in [2.24, 2.45) is 0 Å². The summed E-state index contributed by atoms with van der Waals surface area (Å²) in [5.41, 5.74) is 0.854. The lowest BCUT2D eigenvalue weighted by Crippen LogP contribution is -2.24. The number of rotatable bonds is 5. The summed E-state index contributed by atoms with van der Waals surface area (Å²) in [5, 5.41) is 2.96. The van der Waals surface area contributed by atoms with Gasteiger partial charge in [0.25, 0.3) is 0 Å². The summed E-state index contributed by atoms with van der Waals surface area (Å²) in [4.78, 5) is 15.3. The lowest BCUT2D eigenvalue weighted by Gasteiger charge is -2.06. The maximum Gasteiger partial charge on any atom is 0.319 e. The number of aromatic nitrogens is 1. The Morgan fingerprint density at radius 2 is 2.31 bits per heavy atom. The minimum Gasteiger partial charge on any atom is -0.465 e. The first-order valence-electron chi connectivity index (χ1n) is 4.79. The van der Waals surface area contributed by atoms with Crippen LogP contribution in [0.1, 0.15) is 12.6 Å². The van der Waals surface area contributed by atoms with E-state index in [1.807, 2.05) is 6.07 Å². The van der Waals surface area contributed by atoms with Gasteiger partial charge in [-0.25, -0.2) is 0 Å². The molecule has 6 heteroatoms. The van der Waals surface area contributed by atoms with E-state index in [2.05, 4.69) is 42.2 Å². The summed E-state index contributed by atoms with van der Waals surface area (Å²) in [5.74, 6) is -0.254. The van der Waals surface area contributed by atoms with Gasteiger partial charge in [0, 0.05) is 21.7 Å². The summed E-state index contributed by atoms with van der Waals surface area (Å²) in [6.45, 7) is 2.90. The highest BCUT2D eigenvalue weighted by Gasteiger charge is 2.04. The van der Waals surface area contributed by atoms with Crippen molar-refractivity contribution in [3.8, 4) is 0 Å². The average Bonchev–Trinajstić information content (AvgIpc) is 2.22. The van der Waals surface area contributed by atoms with Gasteiger partial charge in [0.2, 0.25) is 0 Å². The molecule has 0 aliphatic carbocycles. The predicted molar refractivity (Wildman–Crippen MR) is 68.0 cm³/mol. The average molecular weight is 352 g/mol. The van der Waals surface area contributed by atoms with Crippen LogP contribution in [0, 0.1) is 0 Å². The number of carbonyl (C=O) groups is 1. The Bertz CT molecular complexity index is 372. The van der Waals surface area contributed by atoms with Gasteiger partial charge in [-0.3, -0.25) is 9.78 Å². The standard InChI is InChI=1S/C10H12Br2N2O2/c1-2-16-10(15)6-13-5-9-8(12)3-7(11)4-14-9/h3-4,13H,2,5-6H2,1H3. The molecule has 0 spiro atoms. The Kier molecular flexibility index (Phi) is 5.94. The molecule has 0 saturated heterocycles. The Morgan fingerprint density at radius 1 is 1.56 bits per heavy atom.